The van der Waals surface area contributed by atoms with Gasteiger partial charge in [0, 0.05) is 0 Å². The van der Waals surface area contributed by atoms with E-state index in [1.807, 2.05) is 70.6 Å². The van der Waals surface area contributed by atoms with Crippen LogP contribution in [0.25, 0.3) is 0 Å². The first-order valence-corrected chi connectivity index (χ1v) is 9.71. The largest absolute Gasteiger partial charge is 0.400 e. The third-order valence-corrected chi connectivity index (χ3v) is 7.73. The minimum atomic E-state index is -0.258. The van der Waals surface area contributed by atoms with Crippen molar-refractivity contribution in [1.29, 1.82) is 0 Å². The Balaban J connectivity index is 0.000000240. The van der Waals surface area contributed by atoms with Crippen molar-refractivity contribution in [2.24, 2.45) is 0 Å². The van der Waals surface area contributed by atoms with Gasteiger partial charge in [-0.3, -0.25) is 0 Å². The molecule has 18 heteroatoms. The quantitative estimate of drug-likeness (QED) is 0.507. The highest BCUT2D eigenvalue weighted by molar-refractivity contribution is 7.26. The van der Waals surface area contributed by atoms with Gasteiger partial charge in [-0.2, -0.15) is 68.8 Å². The zero-order valence-electron chi connectivity index (χ0n) is 14.4. The third kappa shape index (κ3) is 5.03. The molecule has 2 saturated heterocycles. The molecule has 6 nitrogen and oxygen atoms in total. The Labute approximate surface area is 177 Å². The Bertz CT molecular complexity index is 267. The highest BCUT2D eigenvalue weighted by Gasteiger charge is 2.48. The predicted octanol–water partition coefficient (Wildman–Crippen LogP) is 0.933. The number of rotatable bonds is 0. The molecule has 0 aromatic rings. The van der Waals surface area contributed by atoms with Crippen LogP contribution in [0.1, 0.15) is 0 Å². The third-order valence-electron chi connectivity index (χ3n) is 4.03. The zero-order valence-corrected chi connectivity index (χ0v) is 19.0. The average molecular weight is 452 g/mol. The zero-order chi connectivity index (χ0) is 18.9. The van der Waals surface area contributed by atoms with Gasteiger partial charge in [0.15, 0.2) is 0 Å². The van der Waals surface area contributed by atoms with Gasteiger partial charge in [-0.25, -0.2) is 0 Å². The van der Waals surface area contributed by atoms with Crippen LogP contribution in [-0.2, 0) is 0 Å². The van der Waals surface area contributed by atoms with E-state index in [9.17, 15) is 0 Å². The van der Waals surface area contributed by atoms with Crippen LogP contribution in [0.3, 0.4) is 0 Å². The lowest BCUT2D eigenvalue weighted by Gasteiger charge is -2.42. The molecule has 2 fully saturated rings. The van der Waals surface area contributed by atoms with Gasteiger partial charge in [0.1, 0.15) is 0 Å². The number of hydrogen-bond donors (Lipinski definition) is 0. The van der Waals surface area contributed by atoms with E-state index in [1.54, 1.807) is 0 Å². The van der Waals surface area contributed by atoms with Crippen LogP contribution < -0.4 is 0 Å². The lowest BCUT2D eigenvalue weighted by Crippen LogP contribution is -2.70. The molecular formula is C6H18B6Cl6N6. The molecule has 2 rings (SSSR count). The molecule has 0 bridgehead atoms. The van der Waals surface area contributed by atoms with E-state index in [2.05, 4.69) is 0 Å². The van der Waals surface area contributed by atoms with Crippen LogP contribution >= 0.6 is 68.8 Å². The topological polar surface area (TPSA) is 19.4 Å². The molecular weight excluding hydrogens is 434 g/mol. The smallest absolute Gasteiger partial charge is 0.331 e. The molecule has 0 aliphatic carbocycles. The minimum absolute atomic E-state index is 0.258. The Morgan fingerprint density at radius 1 is 0.333 bits per heavy atom. The van der Waals surface area contributed by atoms with Crippen LogP contribution in [0, 0.1) is 0 Å². The number of nitrogens with zero attached hydrogens (tertiary/aromatic N) is 6. The normalized spacial score (nSPS) is 24.0. The summed E-state index contributed by atoms with van der Waals surface area (Å²) in [5.41, 5.74) is 0. The molecule has 0 N–H and O–H groups in total. The second-order valence-electron chi connectivity index (χ2n) is 5.86. The predicted molar refractivity (Wildman–Crippen MR) is 116 cm³/mol. The van der Waals surface area contributed by atoms with Crippen LogP contribution in [0.2, 0.25) is 0 Å². The highest BCUT2D eigenvalue weighted by Crippen LogP contribution is 2.21. The Kier molecular flexibility index (Phi) is 9.86. The second-order valence-corrected chi connectivity index (χ2v) is 8.20. The van der Waals surface area contributed by atoms with E-state index < -0.39 is 0 Å². The summed E-state index contributed by atoms with van der Waals surface area (Å²) in [6.07, 6.45) is -1.55. The fourth-order valence-corrected chi connectivity index (χ4v) is 3.96. The monoisotopic (exact) mass is 450 g/mol. The summed E-state index contributed by atoms with van der Waals surface area (Å²) < 4.78 is 10.9. The number of halogens is 6. The van der Waals surface area contributed by atoms with Gasteiger partial charge >= 0.3 is 38.4 Å². The van der Waals surface area contributed by atoms with Crippen molar-refractivity contribution in [2.75, 3.05) is 42.3 Å². The second kappa shape index (κ2) is 9.89. The van der Waals surface area contributed by atoms with Crippen LogP contribution in [0.4, 0.5) is 0 Å². The van der Waals surface area contributed by atoms with Crippen LogP contribution in [0.5, 0.6) is 0 Å². The van der Waals surface area contributed by atoms with Gasteiger partial charge in [-0.15, -0.1) is 0 Å². The molecule has 0 amide bonds. The van der Waals surface area contributed by atoms with Gasteiger partial charge in [0.2, 0.25) is 0 Å². The fourth-order valence-electron chi connectivity index (χ4n) is 2.33. The number of hydrogen-bond acceptors (Lipinski definition) is 6. The maximum Gasteiger partial charge on any atom is 0.400 e. The average Bonchev–Trinajstić information content (AvgIpc) is 2.58. The SMILES string of the molecule is CN1B(Cl)N(C)B(Cl)N(C)B1Cl.CN1B(Cl)N(C)B(Cl)N(C)B1Cl. The van der Waals surface area contributed by atoms with Crippen molar-refractivity contribution in [2.45, 2.75) is 0 Å². The first-order chi connectivity index (χ1) is 10.9. The Hall–Kier alpha value is 1.89. The summed E-state index contributed by atoms with van der Waals surface area (Å²) in [6.45, 7) is 0. The molecule has 0 spiro atoms. The van der Waals surface area contributed by atoms with Crippen molar-refractivity contribution in [1.82, 2.24) is 28.3 Å². The standard InChI is InChI=1S/2C3H9B3Cl3N3/c2*1-10-4(7)11(2)6(9)12(3)5(10)8/h2*1-3H3. The summed E-state index contributed by atoms with van der Waals surface area (Å²) in [5.74, 6) is 0. The summed E-state index contributed by atoms with van der Waals surface area (Å²) in [5, 5.41) is 0. The lowest BCUT2D eigenvalue weighted by molar-refractivity contribution is 0.578. The maximum absolute atomic E-state index is 6.03. The lowest BCUT2D eigenvalue weighted by atomic mass is 9.73. The van der Waals surface area contributed by atoms with Gasteiger partial charge in [-0.1, -0.05) is 0 Å². The van der Waals surface area contributed by atoms with Crippen molar-refractivity contribution >= 4 is 107 Å². The minimum Gasteiger partial charge on any atom is -0.331 e. The first-order valence-electron chi connectivity index (χ1n) is 7.09. The van der Waals surface area contributed by atoms with Gasteiger partial charge in [0.25, 0.3) is 0 Å². The van der Waals surface area contributed by atoms with E-state index in [1.165, 1.54) is 0 Å². The molecule has 132 valence electrons. The first kappa shape index (κ1) is 23.9. The Morgan fingerprint density at radius 2 is 0.417 bits per heavy atom. The van der Waals surface area contributed by atoms with Crippen LogP contribution in [0.15, 0.2) is 0 Å². The van der Waals surface area contributed by atoms with E-state index in [0.29, 0.717) is 0 Å². The molecule has 0 saturated carbocycles. The molecule has 0 atom stereocenters. The molecule has 0 aromatic carbocycles. The van der Waals surface area contributed by atoms with Gasteiger partial charge in [-0.05, 0) is 42.3 Å². The van der Waals surface area contributed by atoms with Gasteiger partial charge < -0.3 is 28.3 Å². The molecule has 0 radical (unpaired) electrons. The summed E-state index contributed by atoms with van der Waals surface area (Å²) in [6, 6.07) is 0. The highest BCUT2D eigenvalue weighted by atomic mass is 35.5. The van der Waals surface area contributed by atoms with E-state index in [0.717, 1.165) is 0 Å². The fraction of sp³-hybridized carbons (Fsp3) is 1.00. The Morgan fingerprint density at radius 3 is 0.500 bits per heavy atom. The van der Waals surface area contributed by atoms with Crippen molar-refractivity contribution in [3.05, 3.63) is 0 Å². The van der Waals surface area contributed by atoms with Crippen LogP contribution in [-0.4, -0.2) is 109 Å². The van der Waals surface area contributed by atoms with Crippen molar-refractivity contribution in [3.8, 4) is 0 Å². The van der Waals surface area contributed by atoms with Crippen molar-refractivity contribution in [3.63, 3.8) is 0 Å². The summed E-state index contributed by atoms with van der Waals surface area (Å²) in [4.78, 5) is 0. The molecule has 2 aliphatic rings. The summed E-state index contributed by atoms with van der Waals surface area (Å²) in [7, 11) is 11.1. The van der Waals surface area contributed by atoms with Gasteiger partial charge in [0.05, 0.1) is 0 Å². The molecule has 2 aliphatic heterocycles. The maximum atomic E-state index is 6.03. The molecule has 0 aromatic heterocycles. The summed E-state index contributed by atoms with van der Waals surface area (Å²) >= 11 is 36.2. The molecule has 0 unspecified atom stereocenters. The molecule has 2 heterocycles. The van der Waals surface area contributed by atoms with Crippen molar-refractivity contribution < 1.29 is 0 Å². The van der Waals surface area contributed by atoms with E-state index in [4.69, 9.17) is 68.8 Å². The van der Waals surface area contributed by atoms with E-state index >= 15 is 0 Å². The molecule has 24 heavy (non-hydrogen) atoms. The van der Waals surface area contributed by atoms with E-state index in [-0.39, 0.29) is 38.4 Å².